The molecule has 4 N–H and O–H groups in total. The minimum absolute atomic E-state index is 0.0163. The lowest BCUT2D eigenvalue weighted by atomic mass is 10.1. The van der Waals surface area contributed by atoms with Gasteiger partial charge in [0.1, 0.15) is 0 Å². The van der Waals surface area contributed by atoms with Crippen molar-refractivity contribution in [3.63, 3.8) is 0 Å². The molecule has 2 atom stereocenters. The van der Waals surface area contributed by atoms with Gasteiger partial charge >= 0.3 is 6.09 Å². The predicted molar refractivity (Wildman–Crippen MR) is 197 cm³/mol. The molecule has 21 nitrogen and oxygen atoms in total. The number of imide groups is 4. The Labute approximate surface area is 331 Å². The summed E-state index contributed by atoms with van der Waals surface area (Å²) >= 11 is 0. The lowest BCUT2D eigenvalue weighted by molar-refractivity contribution is -0.145. The fourth-order valence-corrected chi connectivity index (χ4v) is 6.51. The van der Waals surface area contributed by atoms with E-state index in [1.807, 2.05) is 0 Å². The maximum absolute atomic E-state index is 13.1. The van der Waals surface area contributed by atoms with Gasteiger partial charge in [-0.3, -0.25) is 72.3 Å². The summed E-state index contributed by atoms with van der Waals surface area (Å²) in [7, 11) is 0. The number of hydrogen-bond acceptors (Lipinski definition) is 12. The molecule has 0 spiro atoms. The summed E-state index contributed by atoms with van der Waals surface area (Å²) in [6.07, 6.45) is 7.76. The largest absolute Gasteiger partial charge is 0.465 e. The maximum atomic E-state index is 13.1. The highest BCUT2D eigenvalue weighted by atomic mass is 16.4. The molecular weight excluding hydrogens is 764 g/mol. The maximum Gasteiger partial charge on any atom is 0.404 e. The molecule has 4 aliphatic rings. The number of carbonyl (C=O) groups excluding carboxylic acids is 11. The van der Waals surface area contributed by atoms with Crippen molar-refractivity contribution in [3.05, 3.63) is 48.6 Å². The highest BCUT2D eigenvalue weighted by Crippen LogP contribution is 2.19. The molecular formula is C37H44N8O13. The molecule has 0 aliphatic carbocycles. The second-order valence-electron chi connectivity index (χ2n) is 13.5. The van der Waals surface area contributed by atoms with Gasteiger partial charge in [-0.1, -0.05) is 0 Å². The van der Waals surface area contributed by atoms with Gasteiger partial charge in [0.25, 0.3) is 47.3 Å². The molecule has 0 fully saturated rings. The van der Waals surface area contributed by atoms with Gasteiger partial charge in [-0.25, -0.2) is 4.79 Å². The van der Waals surface area contributed by atoms with Crippen LogP contribution in [-0.4, -0.2) is 159 Å². The van der Waals surface area contributed by atoms with Crippen molar-refractivity contribution in [1.82, 2.24) is 40.4 Å². The van der Waals surface area contributed by atoms with Crippen molar-refractivity contribution in [1.29, 1.82) is 0 Å². The molecule has 310 valence electrons. The van der Waals surface area contributed by atoms with E-state index in [-0.39, 0.29) is 90.2 Å². The van der Waals surface area contributed by atoms with Crippen LogP contribution in [0.3, 0.4) is 0 Å². The molecule has 4 aliphatic heterocycles. The van der Waals surface area contributed by atoms with Gasteiger partial charge in [0, 0.05) is 101 Å². The van der Waals surface area contributed by atoms with E-state index < -0.39 is 77.2 Å². The van der Waals surface area contributed by atoms with Crippen LogP contribution in [0.15, 0.2) is 48.6 Å². The Morgan fingerprint density at radius 2 is 0.845 bits per heavy atom. The lowest BCUT2D eigenvalue weighted by Crippen LogP contribution is -2.49. The molecule has 0 aromatic rings. The Morgan fingerprint density at radius 1 is 0.500 bits per heavy atom. The Kier molecular flexibility index (Phi) is 15.8. The van der Waals surface area contributed by atoms with Gasteiger partial charge in [-0.05, 0) is 32.1 Å². The van der Waals surface area contributed by atoms with Crippen molar-refractivity contribution in [2.75, 3.05) is 45.8 Å². The summed E-state index contributed by atoms with van der Waals surface area (Å²) in [6.45, 7) is 0.118. The van der Waals surface area contributed by atoms with Crippen LogP contribution in [0.2, 0.25) is 0 Å². The fourth-order valence-electron chi connectivity index (χ4n) is 6.51. The topological polar surface area (TPSA) is 277 Å². The Morgan fingerprint density at radius 3 is 1.21 bits per heavy atom. The van der Waals surface area contributed by atoms with Crippen molar-refractivity contribution in [2.45, 2.75) is 63.5 Å². The first-order valence-electron chi connectivity index (χ1n) is 18.6. The quantitative estimate of drug-likeness (QED) is 0.0600. The van der Waals surface area contributed by atoms with Gasteiger partial charge in [-0.2, -0.15) is 0 Å². The molecule has 0 saturated carbocycles. The summed E-state index contributed by atoms with van der Waals surface area (Å²) in [5.41, 5.74) is 0. The lowest BCUT2D eigenvalue weighted by Gasteiger charge is -2.29. The Hall–Kier alpha value is -6.80. The first kappa shape index (κ1) is 43.9. The van der Waals surface area contributed by atoms with Crippen LogP contribution in [0.1, 0.15) is 51.4 Å². The zero-order valence-electron chi connectivity index (χ0n) is 31.5. The summed E-state index contributed by atoms with van der Waals surface area (Å²) in [6, 6.07) is -1.89. The first-order chi connectivity index (χ1) is 27.7. The Balaban J connectivity index is 1.23. The summed E-state index contributed by atoms with van der Waals surface area (Å²) < 4.78 is 0. The number of carbonyl (C=O) groups is 12. The Bertz CT molecular complexity index is 1670. The minimum Gasteiger partial charge on any atom is -0.465 e. The number of rotatable bonds is 24. The molecule has 0 aromatic carbocycles. The average molecular weight is 809 g/mol. The molecule has 21 heteroatoms. The van der Waals surface area contributed by atoms with Crippen molar-refractivity contribution in [2.24, 2.45) is 0 Å². The molecule has 4 heterocycles. The van der Waals surface area contributed by atoms with Gasteiger partial charge in [-0.15, -0.1) is 0 Å². The van der Waals surface area contributed by atoms with Crippen LogP contribution in [0.25, 0.3) is 0 Å². The van der Waals surface area contributed by atoms with Gasteiger partial charge in [0.15, 0.2) is 0 Å². The number of nitrogens with zero attached hydrogens (tertiary/aromatic N) is 5. The van der Waals surface area contributed by atoms with E-state index in [2.05, 4.69) is 16.0 Å². The molecule has 12 amide bonds. The van der Waals surface area contributed by atoms with Crippen molar-refractivity contribution >= 4 is 71.1 Å². The number of hydrogen-bond donors (Lipinski definition) is 4. The van der Waals surface area contributed by atoms with Crippen LogP contribution >= 0.6 is 0 Å². The van der Waals surface area contributed by atoms with Gasteiger partial charge in [0.05, 0.1) is 25.2 Å². The van der Waals surface area contributed by atoms with E-state index in [1.165, 1.54) is 4.90 Å². The standard InChI is InChI=1S/C37H44N8O13/c46-26(7-5-24(44-33(53)13-14-34(44)54)22-42-29(49)9-10-30(42)50)38-18-2-20-41(28(48)4-1-17-40-37(57)58)21-3-19-39-27(47)8-6-25(45-35(55)15-16-36(45)56)23-43-31(51)11-12-32(43)52/h9-16,24-25,40H,1-8,17-23H2,(H,38,46)(H,39,47)(H,57,58). The van der Waals surface area contributed by atoms with Crippen molar-refractivity contribution in [3.8, 4) is 0 Å². The van der Waals surface area contributed by atoms with Crippen LogP contribution < -0.4 is 16.0 Å². The molecule has 2 unspecified atom stereocenters. The normalized spacial score (nSPS) is 17.0. The monoisotopic (exact) mass is 808 g/mol. The second kappa shape index (κ2) is 20.9. The number of carboxylic acid groups (broad SMARTS) is 1. The molecule has 0 bridgehead atoms. The van der Waals surface area contributed by atoms with Crippen LogP contribution in [0.4, 0.5) is 4.79 Å². The third-order valence-corrected chi connectivity index (χ3v) is 9.46. The van der Waals surface area contributed by atoms with Gasteiger partial charge in [0.2, 0.25) is 17.7 Å². The van der Waals surface area contributed by atoms with E-state index >= 15 is 0 Å². The van der Waals surface area contributed by atoms with E-state index in [0.717, 1.165) is 68.2 Å². The fraction of sp³-hybridized carbons (Fsp3) is 0.459. The van der Waals surface area contributed by atoms with Gasteiger partial charge < -0.3 is 26.0 Å². The van der Waals surface area contributed by atoms with Crippen LogP contribution in [0, 0.1) is 0 Å². The summed E-state index contributed by atoms with van der Waals surface area (Å²) in [5.74, 6) is -6.12. The molecule has 0 aromatic heterocycles. The van der Waals surface area contributed by atoms with Crippen LogP contribution in [0.5, 0.6) is 0 Å². The highest BCUT2D eigenvalue weighted by Gasteiger charge is 2.37. The molecule has 0 saturated heterocycles. The molecule has 0 radical (unpaired) electrons. The minimum atomic E-state index is -1.23. The van der Waals surface area contributed by atoms with E-state index in [1.54, 1.807) is 0 Å². The summed E-state index contributed by atoms with van der Waals surface area (Å²) in [5, 5.41) is 16.4. The predicted octanol–water partition coefficient (Wildman–Crippen LogP) is -2.13. The van der Waals surface area contributed by atoms with E-state index in [0.29, 0.717) is 12.8 Å². The molecule has 58 heavy (non-hydrogen) atoms. The average Bonchev–Trinajstić information content (AvgIpc) is 3.90. The zero-order valence-corrected chi connectivity index (χ0v) is 31.5. The van der Waals surface area contributed by atoms with E-state index in [4.69, 9.17) is 5.11 Å². The molecule has 4 rings (SSSR count). The third-order valence-electron chi connectivity index (χ3n) is 9.46. The van der Waals surface area contributed by atoms with E-state index in [9.17, 15) is 57.5 Å². The summed E-state index contributed by atoms with van der Waals surface area (Å²) in [4.78, 5) is 152. The smallest absolute Gasteiger partial charge is 0.404 e. The highest BCUT2D eigenvalue weighted by molar-refractivity contribution is 6.15. The number of nitrogens with one attached hydrogen (secondary N) is 3. The number of amides is 12. The van der Waals surface area contributed by atoms with Crippen molar-refractivity contribution < 1.29 is 62.6 Å². The first-order valence-corrected chi connectivity index (χ1v) is 18.6. The van der Waals surface area contributed by atoms with Crippen LogP contribution in [-0.2, 0) is 52.7 Å². The SMILES string of the molecule is O=C(O)NCCCC(=O)N(CCCNC(=O)CCC(CN1C(=O)C=CC1=O)N1C(=O)C=CC1=O)CCCNC(=O)CCC(CN1C(=O)C=CC1=O)N1C(=O)C=CC1=O. The second-order valence-corrected chi connectivity index (χ2v) is 13.5. The third kappa shape index (κ3) is 12.4. The zero-order chi connectivity index (χ0) is 42.4.